The Bertz CT molecular complexity index is 243. The van der Waals surface area contributed by atoms with Gasteiger partial charge in [-0.1, -0.05) is 0 Å². The first-order valence-corrected chi connectivity index (χ1v) is 3.33. The van der Waals surface area contributed by atoms with E-state index < -0.39 is 0 Å². The van der Waals surface area contributed by atoms with Crippen LogP contribution in [0.15, 0.2) is 6.20 Å². The minimum atomic E-state index is 0.829. The van der Waals surface area contributed by atoms with Crippen LogP contribution in [0.5, 0.6) is 0 Å². The average Bonchev–Trinajstić information content (AvgIpc) is 2.34. The molecule has 1 aromatic rings. The van der Waals surface area contributed by atoms with E-state index in [0.29, 0.717) is 0 Å². The van der Waals surface area contributed by atoms with E-state index in [0.717, 1.165) is 35.6 Å². The van der Waals surface area contributed by atoms with Crippen molar-refractivity contribution in [2.24, 2.45) is 0 Å². The SMILES string of the molecule is On1ncc2c1CCNC2. The Labute approximate surface area is 58.4 Å². The van der Waals surface area contributed by atoms with Crippen molar-refractivity contribution < 1.29 is 5.21 Å². The Balaban J connectivity index is 2.45. The van der Waals surface area contributed by atoms with Crippen molar-refractivity contribution in [2.75, 3.05) is 6.54 Å². The Morgan fingerprint density at radius 2 is 2.60 bits per heavy atom. The van der Waals surface area contributed by atoms with E-state index in [2.05, 4.69) is 10.4 Å². The van der Waals surface area contributed by atoms with Gasteiger partial charge in [-0.15, -0.1) is 9.94 Å². The highest BCUT2D eigenvalue weighted by Crippen LogP contribution is 2.10. The van der Waals surface area contributed by atoms with Crippen LogP contribution in [-0.4, -0.2) is 21.7 Å². The molecule has 0 atom stereocenters. The number of nitrogens with zero attached hydrogens (tertiary/aromatic N) is 2. The number of nitrogens with one attached hydrogen (secondary N) is 1. The van der Waals surface area contributed by atoms with Crippen molar-refractivity contribution in [3.8, 4) is 0 Å². The molecule has 0 aliphatic carbocycles. The van der Waals surface area contributed by atoms with E-state index in [1.54, 1.807) is 6.20 Å². The Morgan fingerprint density at radius 3 is 3.40 bits per heavy atom. The van der Waals surface area contributed by atoms with Crippen molar-refractivity contribution in [2.45, 2.75) is 13.0 Å². The summed E-state index contributed by atoms with van der Waals surface area (Å²) < 4.78 is 0. The second kappa shape index (κ2) is 1.98. The molecule has 1 aliphatic heterocycles. The minimum absolute atomic E-state index is 0.829. The molecule has 0 bridgehead atoms. The number of hydrogen-bond acceptors (Lipinski definition) is 3. The third-order valence-electron chi connectivity index (χ3n) is 1.79. The average molecular weight is 139 g/mol. The minimum Gasteiger partial charge on any atom is -0.411 e. The van der Waals surface area contributed by atoms with Crippen LogP contribution in [0.4, 0.5) is 0 Å². The summed E-state index contributed by atoms with van der Waals surface area (Å²) in [5.74, 6) is 0. The van der Waals surface area contributed by atoms with Gasteiger partial charge in [0.2, 0.25) is 0 Å². The Hall–Kier alpha value is -1.03. The lowest BCUT2D eigenvalue weighted by molar-refractivity contribution is 0.138. The molecule has 0 unspecified atom stereocenters. The summed E-state index contributed by atoms with van der Waals surface area (Å²) in [6.45, 7) is 1.76. The normalized spacial score (nSPS) is 16.8. The summed E-state index contributed by atoms with van der Waals surface area (Å²) in [4.78, 5) is 0.968. The number of rotatable bonds is 0. The zero-order valence-corrected chi connectivity index (χ0v) is 5.54. The van der Waals surface area contributed by atoms with Crippen molar-refractivity contribution in [1.29, 1.82) is 0 Å². The Kier molecular flexibility index (Phi) is 1.14. The summed E-state index contributed by atoms with van der Waals surface area (Å²) in [6, 6.07) is 0. The molecule has 0 saturated carbocycles. The van der Waals surface area contributed by atoms with E-state index in [-0.39, 0.29) is 0 Å². The van der Waals surface area contributed by atoms with Crippen LogP contribution in [0.25, 0.3) is 0 Å². The molecule has 4 heteroatoms. The molecule has 0 aromatic carbocycles. The quantitative estimate of drug-likeness (QED) is 0.488. The summed E-state index contributed by atoms with van der Waals surface area (Å²) in [5.41, 5.74) is 2.05. The molecule has 0 spiro atoms. The van der Waals surface area contributed by atoms with Gasteiger partial charge in [0.05, 0.1) is 11.9 Å². The highest BCUT2D eigenvalue weighted by atomic mass is 16.5. The highest BCUT2D eigenvalue weighted by molar-refractivity contribution is 5.19. The van der Waals surface area contributed by atoms with Crippen LogP contribution in [0.1, 0.15) is 11.3 Å². The second-order valence-corrected chi connectivity index (χ2v) is 2.43. The van der Waals surface area contributed by atoms with Gasteiger partial charge in [0.1, 0.15) is 0 Å². The molecule has 1 aromatic heterocycles. The Morgan fingerprint density at radius 1 is 1.70 bits per heavy atom. The van der Waals surface area contributed by atoms with Crippen LogP contribution < -0.4 is 5.32 Å². The molecule has 0 saturated heterocycles. The summed E-state index contributed by atoms with van der Waals surface area (Å²) in [6.07, 6.45) is 2.56. The first-order valence-electron chi connectivity index (χ1n) is 3.33. The van der Waals surface area contributed by atoms with Crippen molar-refractivity contribution in [3.63, 3.8) is 0 Å². The lowest BCUT2D eigenvalue weighted by Crippen LogP contribution is -2.24. The first kappa shape index (κ1) is 5.73. The van der Waals surface area contributed by atoms with Gasteiger partial charge in [-0.25, -0.2) is 0 Å². The largest absolute Gasteiger partial charge is 0.411 e. The van der Waals surface area contributed by atoms with Crippen LogP contribution in [0.3, 0.4) is 0 Å². The highest BCUT2D eigenvalue weighted by Gasteiger charge is 2.13. The maximum absolute atomic E-state index is 9.07. The third-order valence-corrected chi connectivity index (χ3v) is 1.79. The molecular weight excluding hydrogens is 130 g/mol. The van der Waals surface area contributed by atoms with E-state index in [9.17, 15) is 0 Å². The topological polar surface area (TPSA) is 50.1 Å². The molecule has 4 nitrogen and oxygen atoms in total. The summed E-state index contributed by atoms with van der Waals surface area (Å²) in [7, 11) is 0. The van der Waals surface area contributed by atoms with E-state index in [1.165, 1.54) is 0 Å². The van der Waals surface area contributed by atoms with Crippen molar-refractivity contribution in [3.05, 3.63) is 17.5 Å². The second-order valence-electron chi connectivity index (χ2n) is 2.43. The van der Waals surface area contributed by atoms with Gasteiger partial charge >= 0.3 is 0 Å². The fourth-order valence-electron chi connectivity index (χ4n) is 1.24. The third kappa shape index (κ3) is 0.690. The molecule has 10 heavy (non-hydrogen) atoms. The van der Waals surface area contributed by atoms with Gasteiger partial charge in [0.15, 0.2) is 0 Å². The van der Waals surface area contributed by atoms with Crippen LogP contribution in [0.2, 0.25) is 0 Å². The smallest absolute Gasteiger partial charge is 0.0856 e. The van der Waals surface area contributed by atoms with Gasteiger partial charge in [-0.3, -0.25) is 0 Å². The van der Waals surface area contributed by atoms with E-state index in [4.69, 9.17) is 5.21 Å². The molecule has 0 fully saturated rings. The van der Waals surface area contributed by atoms with E-state index >= 15 is 0 Å². The van der Waals surface area contributed by atoms with Crippen LogP contribution in [0, 0.1) is 0 Å². The van der Waals surface area contributed by atoms with E-state index in [1.807, 2.05) is 0 Å². The molecule has 1 aliphatic rings. The standard InChI is InChI=1S/C6H9N3O/c10-9-6-1-2-7-3-5(6)4-8-9/h4,7,10H,1-3H2. The maximum atomic E-state index is 9.07. The van der Waals surface area contributed by atoms with Gasteiger partial charge in [0, 0.05) is 25.1 Å². The zero-order valence-electron chi connectivity index (χ0n) is 5.54. The van der Waals surface area contributed by atoms with Crippen molar-refractivity contribution >= 4 is 0 Å². The number of fused-ring (bicyclic) bond motifs is 1. The fraction of sp³-hybridized carbons (Fsp3) is 0.500. The molecule has 2 N–H and O–H groups in total. The van der Waals surface area contributed by atoms with Gasteiger partial charge < -0.3 is 10.5 Å². The lowest BCUT2D eigenvalue weighted by atomic mass is 10.1. The monoisotopic (exact) mass is 139 g/mol. The molecule has 0 amide bonds. The van der Waals surface area contributed by atoms with Crippen LogP contribution >= 0.6 is 0 Å². The predicted octanol–water partition coefficient (Wildman–Crippen LogP) is -0.234. The zero-order chi connectivity index (χ0) is 6.97. The molecule has 2 rings (SSSR count). The number of hydrogen-bond donors (Lipinski definition) is 2. The fourth-order valence-corrected chi connectivity index (χ4v) is 1.24. The molecule has 0 radical (unpaired) electrons. The molecule has 2 heterocycles. The van der Waals surface area contributed by atoms with Gasteiger partial charge in [-0.2, -0.15) is 0 Å². The molecular formula is C6H9N3O. The van der Waals surface area contributed by atoms with Crippen LogP contribution in [-0.2, 0) is 13.0 Å². The summed E-state index contributed by atoms with van der Waals surface area (Å²) in [5, 5.41) is 16.0. The predicted molar refractivity (Wildman–Crippen MR) is 34.8 cm³/mol. The summed E-state index contributed by atoms with van der Waals surface area (Å²) >= 11 is 0. The number of aromatic nitrogens is 2. The van der Waals surface area contributed by atoms with Gasteiger partial charge in [-0.05, 0) is 0 Å². The molecule has 54 valence electrons. The lowest BCUT2D eigenvalue weighted by Gasteiger charge is -2.11. The van der Waals surface area contributed by atoms with Gasteiger partial charge in [0.25, 0.3) is 0 Å². The first-order chi connectivity index (χ1) is 4.88. The van der Waals surface area contributed by atoms with Crippen molar-refractivity contribution in [1.82, 2.24) is 15.3 Å². The maximum Gasteiger partial charge on any atom is 0.0856 e.